The van der Waals surface area contributed by atoms with Crippen LogP contribution >= 0.6 is 0 Å². The molecule has 0 aliphatic heterocycles. The molecule has 0 radical (unpaired) electrons. The van der Waals surface area contributed by atoms with Crippen molar-refractivity contribution in [3.63, 3.8) is 0 Å². The van der Waals surface area contributed by atoms with E-state index >= 15 is 0 Å². The van der Waals surface area contributed by atoms with Gasteiger partial charge in [-0.3, -0.25) is 0 Å². The van der Waals surface area contributed by atoms with Crippen molar-refractivity contribution in [3.05, 3.63) is 0 Å². The average Bonchev–Trinajstić information content (AvgIpc) is 1.87. The van der Waals surface area contributed by atoms with Crippen LogP contribution in [0.3, 0.4) is 0 Å². The van der Waals surface area contributed by atoms with E-state index in [0.717, 1.165) is 6.42 Å². The first-order chi connectivity index (χ1) is 5.02. The topological polar surface area (TPSA) is 23.8 Å². The zero-order chi connectivity index (χ0) is 8.91. The third kappa shape index (κ3) is 3.85. The summed E-state index contributed by atoms with van der Waals surface area (Å²) in [6.45, 7) is 8.44. The minimum absolute atomic E-state index is 0.190. The zero-order valence-electron chi connectivity index (χ0n) is 7.73. The van der Waals surface area contributed by atoms with E-state index in [1.165, 1.54) is 0 Å². The van der Waals surface area contributed by atoms with Crippen molar-refractivity contribution in [2.45, 2.75) is 38.5 Å². The van der Waals surface area contributed by atoms with Crippen LogP contribution in [0.15, 0.2) is 0 Å². The van der Waals surface area contributed by atoms with Gasteiger partial charge in [0.25, 0.3) is 0 Å². The molecular weight excluding hydrogens is 150 g/mol. The van der Waals surface area contributed by atoms with Crippen LogP contribution in [0, 0.1) is 23.2 Å². The number of rotatable bonds is 2. The summed E-state index contributed by atoms with van der Waals surface area (Å²) >= 11 is 0. The van der Waals surface area contributed by atoms with E-state index in [2.05, 4.69) is 37.6 Å². The summed E-state index contributed by atoms with van der Waals surface area (Å²) in [4.78, 5) is 0. The van der Waals surface area contributed by atoms with Crippen LogP contribution in [0.5, 0.6) is 0 Å². The molecule has 0 fully saturated rings. The van der Waals surface area contributed by atoms with Gasteiger partial charge < -0.3 is 0 Å². The number of nitrogens with zero attached hydrogens (tertiary/aromatic N) is 1. The first-order valence-corrected chi connectivity index (χ1v) is 7.39. The summed E-state index contributed by atoms with van der Waals surface area (Å²) in [5.74, 6) is 5.79. The molecule has 60 valence electrons. The molecule has 2 heteroatoms. The molecule has 0 saturated carbocycles. The normalized spacial score (nSPS) is 12.6. The van der Waals surface area contributed by atoms with Gasteiger partial charge in [0.05, 0.1) is 19.7 Å². The molecule has 0 saturated heterocycles. The van der Waals surface area contributed by atoms with E-state index in [0.29, 0.717) is 0 Å². The second kappa shape index (κ2) is 4.21. The predicted molar refractivity (Wildman–Crippen MR) is 50.8 cm³/mol. The first kappa shape index (κ1) is 10.3. The summed E-state index contributed by atoms with van der Waals surface area (Å²) in [6, 6.07) is 2.34. The van der Waals surface area contributed by atoms with Gasteiger partial charge in [-0.25, -0.2) is 0 Å². The second-order valence-electron chi connectivity index (χ2n) is 3.68. The molecule has 1 nitrogen and oxygen atoms in total. The lowest BCUT2D eigenvalue weighted by molar-refractivity contribution is 1.03. The van der Waals surface area contributed by atoms with E-state index < -0.39 is 8.07 Å². The lowest BCUT2D eigenvalue weighted by atomic mass is 10.3. The van der Waals surface area contributed by atoms with Crippen molar-refractivity contribution in [1.29, 1.82) is 5.26 Å². The minimum Gasteiger partial charge on any atom is -0.198 e. The van der Waals surface area contributed by atoms with Crippen LogP contribution in [0.1, 0.15) is 13.3 Å². The fraction of sp³-hybridized carbons (Fsp3) is 0.667. The molecule has 0 aromatic heterocycles. The van der Waals surface area contributed by atoms with Crippen molar-refractivity contribution < 1.29 is 0 Å². The summed E-state index contributed by atoms with van der Waals surface area (Å²) in [6.07, 6.45) is 0.753. The van der Waals surface area contributed by atoms with E-state index in [9.17, 15) is 0 Å². The molecule has 0 N–H and O–H groups in total. The van der Waals surface area contributed by atoms with Crippen molar-refractivity contribution >= 4 is 8.07 Å². The highest BCUT2D eigenvalue weighted by molar-refractivity contribution is 6.78. The van der Waals surface area contributed by atoms with E-state index in [4.69, 9.17) is 5.26 Å². The van der Waals surface area contributed by atoms with E-state index in [-0.39, 0.29) is 5.54 Å². The van der Waals surface area contributed by atoms with Crippen LogP contribution in [-0.2, 0) is 0 Å². The summed E-state index contributed by atoms with van der Waals surface area (Å²) < 4.78 is 0. The maximum absolute atomic E-state index is 8.81. The van der Waals surface area contributed by atoms with Gasteiger partial charge in [-0.05, 0) is 6.92 Å². The van der Waals surface area contributed by atoms with E-state index in [1.54, 1.807) is 0 Å². The maximum atomic E-state index is 8.81. The molecule has 11 heavy (non-hydrogen) atoms. The van der Waals surface area contributed by atoms with Gasteiger partial charge in [-0.15, -0.1) is 11.8 Å². The van der Waals surface area contributed by atoms with Gasteiger partial charge in [0.15, 0.2) is 0 Å². The Balaban J connectivity index is 4.18. The Labute approximate surface area is 70.4 Å². The van der Waals surface area contributed by atoms with Crippen LogP contribution in [0.4, 0.5) is 0 Å². The number of nitriles is 1. The second-order valence-corrected chi connectivity index (χ2v) is 9.11. The molecule has 0 rings (SSSR count). The molecule has 0 aliphatic carbocycles. The fourth-order valence-corrected chi connectivity index (χ4v) is 1.85. The van der Waals surface area contributed by atoms with Crippen molar-refractivity contribution in [1.82, 2.24) is 0 Å². The van der Waals surface area contributed by atoms with Gasteiger partial charge in [0.1, 0.15) is 0 Å². The Morgan fingerprint density at radius 2 is 1.91 bits per heavy atom. The fourth-order valence-electron chi connectivity index (χ4n) is 0.750. The number of hydrogen-bond acceptors (Lipinski definition) is 1. The monoisotopic (exact) mass is 165 g/mol. The predicted octanol–water partition coefficient (Wildman–Crippen LogP) is 2.63. The third-order valence-electron chi connectivity index (χ3n) is 1.68. The van der Waals surface area contributed by atoms with E-state index in [1.807, 2.05) is 6.92 Å². The van der Waals surface area contributed by atoms with Crippen LogP contribution < -0.4 is 0 Å². The number of hydrogen-bond donors (Lipinski definition) is 0. The Kier molecular flexibility index (Phi) is 3.93. The standard InChI is InChI=1S/C9H15NSi/c1-5-6-7-9(8-10)11(2,3)4/h9H,7H2,1-4H3. The summed E-state index contributed by atoms with van der Waals surface area (Å²) in [7, 11) is -1.29. The Morgan fingerprint density at radius 3 is 2.18 bits per heavy atom. The van der Waals surface area contributed by atoms with Crippen LogP contribution in [0.25, 0.3) is 0 Å². The Bertz CT molecular complexity index is 208. The smallest absolute Gasteiger partial charge is 0.0652 e. The average molecular weight is 165 g/mol. The van der Waals surface area contributed by atoms with Gasteiger partial charge in [0.2, 0.25) is 0 Å². The molecule has 0 aromatic rings. The minimum atomic E-state index is -1.29. The molecule has 0 spiro atoms. The highest BCUT2D eigenvalue weighted by Crippen LogP contribution is 2.23. The molecule has 0 aromatic carbocycles. The zero-order valence-corrected chi connectivity index (χ0v) is 8.73. The van der Waals surface area contributed by atoms with Crippen molar-refractivity contribution in [3.8, 4) is 17.9 Å². The summed E-state index contributed by atoms with van der Waals surface area (Å²) in [5, 5.41) is 8.81. The lowest BCUT2D eigenvalue weighted by Crippen LogP contribution is -2.26. The van der Waals surface area contributed by atoms with Gasteiger partial charge >= 0.3 is 0 Å². The quantitative estimate of drug-likeness (QED) is 0.456. The van der Waals surface area contributed by atoms with Gasteiger partial charge in [-0.1, -0.05) is 19.6 Å². The SMILES string of the molecule is CC#CCC(C#N)[Si](C)(C)C. The largest absolute Gasteiger partial charge is 0.198 e. The van der Waals surface area contributed by atoms with Gasteiger partial charge in [-0.2, -0.15) is 5.26 Å². The highest BCUT2D eigenvalue weighted by atomic mass is 28.3. The van der Waals surface area contributed by atoms with Gasteiger partial charge in [0, 0.05) is 6.42 Å². The molecule has 0 amide bonds. The first-order valence-electron chi connectivity index (χ1n) is 3.81. The molecular formula is C9H15NSi. The lowest BCUT2D eigenvalue weighted by Gasteiger charge is -2.19. The molecule has 0 bridgehead atoms. The Hall–Kier alpha value is -0.733. The summed E-state index contributed by atoms with van der Waals surface area (Å²) in [5.41, 5.74) is 0.190. The third-order valence-corrected chi connectivity index (χ3v) is 4.11. The van der Waals surface area contributed by atoms with Crippen molar-refractivity contribution in [2.24, 2.45) is 0 Å². The van der Waals surface area contributed by atoms with Crippen molar-refractivity contribution in [2.75, 3.05) is 0 Å². The highest BCUT2D eigenvalue weighted by Gasteiger charge is 2.25. The van der Waals surface area contributed by atoms with Crippen LogP contribution in [0.2, 0.25) is 25.2 Å². The molecule has 1 unspecified atom stereocenters. The maximum Gasteiger partial charge on any atom is 0.0652 e. The molecule has 0 heterocycles. The van der Waals surface area contributed by atoms with Crippen LogP contribution in [-0.4, -0.2) is 8.07 Å². The molecule has 1 atom stereocenters. The molecule has 0 aliphatic rings. The Morgan fingerprint density at radius 1 is 1.36 bits per heavy atom.